The second-order valence-electron chi connectivity index (χ2n) is 9.68. The average molecular weight is 457 g/mol. The van der Waals surface area contributed by atoms with Crippen molar-refractivity contribution in [3.8, 4) is 5.75 Å². The van der Waals surface area contributed by atoms with Crippen LogP contribution in [0.1, 0.15) is 31.2 Å². The van der Waals surface area contributed by atoms with E-state index in [0.29, 0.717) is 58.5 Å². The first-order chi connectivity index (χ1) is 15.9. The van der Waals surface area contributed by atoms with Gasteiger partial charge in [0, 0.05) is 57.8 Å². The highest BCUT2D eigenvalue weighted by molar-refractivity contribution is 6.06. The first-order valence-electron chi connectivity index (χ1n) is 11.9. The fourth-order valence-electron chi connectivity index (χ4n) is 5.94. The summed E-state index contributed by atoms with van der Waals surface area (Å²) in [6.07, 6.45) is 1.80. The van der Waals surface area contributed by atoms with Gasteiger partial charge in [-0.1, -0.05) is 18.2 Å². The van der Waals surface area contributed by atoms with Crippen molar-refractivity contribution in [2.45, 2.75) is 49.9 Å². The number of aliphatic hydroxyl groups excluding tert-OH is 1. The molecule has 0 bridgehead atoms. The van der Waals surface area contributed by atoms with Gasteiger partial charge in [0.1, 0.15) is 11.3 Å². The molecule has 4 saturated heterocycles. The second kappa shape index (κ2) is 8.70. The van der Waals surface area contributed by atoms with E-state index < -0.39 is 17.7 Å². The number of β-amino-alcohol motifs (C(OH)–C–C–N with tert-alkyl or cyclic N) is 1. The normalized spacial score (nSPS) is 27.4. The summed E-state index contributed by atoms with van der Waals surface area (Å²) < 4.78 is 5.46. The van der Waals surface area contributed by atoms with Crippen LogP contribution in [-0.4, -0.2) is 106 Å². The molecule has 9 nitrogen and oxygen atoms in total. The van der Waals surface area contributed by atoms with E-state index in [0.717, 1.165) is 24.3 Å². The van der Waals surface area contributed by atoms with Gasteiger partial charge in [-0.25, -0.2) is 0 Å². The average Bonchev–Trinajstić information content (AvgIpc) is 3.37. The summed E-state index contributed by atoms with van der Waals surface area (Å²) in [5, 5.41) is 10.3. The van der Waals surface area contributed by atoms with Gasteiger partial charge in [-0.2, -0.15) is 0 Å². The van der Waals surface area contributed by atoms with Crippen molar-refractivity contribution in [3.63, 3.8) is 0 Å². The van der Waals surface area contributed by atoms with Gasteiger partial charge in [-0.3, -0.25) is 29.1 Å². The number of para-hydroxylation sites is 1. The number of methoxy groups -OCH3 is 1. The minimum atomic E-state index is -0.776. The number of carbonyl (C=O) groups excluding carboxylic acids is 3. The molecule has 2 atom stereocenters. The minimum absolute atomic E-state index is 0.152. The summed E-state index contributed by atoms with van der Waals surface area (Å²) in [6, 6.07) is 7.39. The Morgan fingerprint density at radius 1 is 1.15 bits per heavy atom. The molecule has 33 heavy (non-hydrogen) atoms. The van der Waals surface area contributed by atoms with Crippen LogP contribution < -0.4 is 4.74 Å². The van der Waals surface area contributed by atoms with E-state index in [1.54, 1.807) is 7.11 Å². The summed E-state index contributed by atoms with van der Waals surface area (Å²) in [4.78, 5) is 46.1. The fraction of sp³-hybridized carbons (Fsp3) is 0.625. The van der Waals surface area contributed by atoms with Gasteiger partial charge in [0.25, 0.3) is 5.91 Å². The fourth-order valence-corrected chi connectivity index (χ4v) is 5.94. The van der Waals surface area contributed by atoms with Crippen molar-refractivity contribution >= 4 is 17.7 Å². The molecule has 5 rings (SSSR count). The number of piperazine rings is 1. The lowest BCUT2D eigenvalue weighted by Gasteiger charge is -2.58. The Labute approximate surface area is 193 Å². The highest BCUT2D eigenvalue weighted by atomic mass is 16.5. The molecule has 4 aliphatic heterocycles. The lowest BCUT2D eigenvalue weighted by molar-refractivity contribution is -0.180. The zero-order valence-corrected chi connectivity index (χ0v) is 19.1. The van der Waals surface area contributed by atoms with E-state index in [4.69, 9.17) is 4.74 Å². The van der Waals surface area contributed by atoms with Crippen LogP contribution >= 0.6 is 0 Å². The Balaban J connectivity index is 1.29. The van der Waals surface area contributed by atoms with Gasteiger partial charge in [0.15, 0.2) is 0 Å². The number of aliphatic hydroxyl groups is 1. The Hall–Kier alpha value is -2.49. The number of nitrogens with zero attached hydrogens (tertiary/aromatic N) is 4. The Morgan fingerprint density at radius 3 is 2.67 bits per heavy atom. The number of amides is 3. The molecule has 4 fully saturated rings. The number of imide groups is 1. The number of carbonyl (C=O) groups is 3. The smallest absolute Gasteiger partial charge is 0.252 e. The van der Waals surface area contributed by atoms with Crippen molar-refractivity contribution in [2.75, 3.05) is 46.4 Å². The third-order valence-corrected chi connectivity index (χ3v) is 7.56. The predicted molar refractivity (Wildman–Crippen MR) is 119 cm³/mol. The lowest BCUT2D eigenvalue weighted by Crippen LogP contribution is -2.81. The van der Waals surface area contributed by atoms with Crippen LogP contribution in [0.5, 0.6) is 5.75 Å². The van der Waals surface area contributed by atoms with Gasteiger partial charge >= 0.3 is 0 Å². The third-order valence-electron chi connectivity index (χ3n) is 7.56. The number of fused-ring (bicyclic) bond motifs is 2. The largest absolute Gasteiger partial charge is 0.496 e. The van der Waals surface area contributed by atoms with Gasteiger partial charge in [-0.05, 0) is 25.3 Å². The van der Waals surface area contributed by atoms with Crippen molar-refractivity contribution in [1.82, 2.24) is 19.6 Å². The highest BCUT2D eigenvalue weighted by Gasteiger charge is 2.64. The minimum Gasteiger partial charge on any atom is -0.496 e. The Kier molecular flexibility index (Phi) is 5.88. The number of rotatable bonds is 7. The van der Waals surface area contributed by atoms with Gasteiger partial charge in [0.05, 0.1) is 19.3 Å². The highest BCUT2D eigenvalue weighted by Crippen LogP contribution is 2.41. The maximum absolute atomic E-state index is 13.7. The molecule has 1 spiro atoms. The molecule has 1 N–H and O–H groups in total. The summed E-state index contributed by atoms with van der Waals surface area (Å²) in [7, 11) is 1.65. The molecule has 4 aliphatic rings. The molecular formula is C24H32N4O5. The van der Waals surface area contributed by atoms with Crippen LogP contribution in [-0.2, 0) is 20.9 Å². The molecule has 0 radical (unpaired) electrons. The van der Waals surface area contributed by atoms with Gasteiger partial charge in [-0.15, -0.1) is 0 Å². The molecule has 178 valence electrons. The van der Waals surface area contributed by atoms with Crippen LogP contribution in [0.15, 0.2) is 24.3 Å². The third kappa shape index (κ3) is 3.82. The maximum Gasteiger partial charge on any atom is 0.252 e. The van der Waals surface area contributed by atoms with Crippen LogP contribution in [0.4, 0.5) is 0 Å². The summed E-state index contributed by atoms with van der Waals surface area (Å²) in [5.41, 5.74) is 0.279. The molecule has 1 aromatic carbocycles. The van der Waals surface area contributed by atoms with E-state index in [-0.39, 0.29) is 17.7 Å². The van der Waals surface area contributed by atoms with E-state index in [2.05, 4.69) is 4.90 Å². The zero-order chi connectivity index (χ0) is 23.2. The SMILES string of the molecule is COc1ccccc1CN1CC2(C1)C(=O)N(CCCN1CCCC1=O)C(=O)C1CC(O)CN12. The Morgan fingerprint density at radius 2 is 1.94 bits per heavy atom. The van der Waals surface area contributed by atoms with E-state index in [1.807, 2.05) is 34.1 Å². The van der Waals surface area contributed by atoms with Crippen molar-refractivity contribution in [1.29, 1.82) is 0 Å². The van der Waals surface area contributed by atoms with E-state index in [9.17, 15) is 19.5 Å². The zero-order valence-electron chi connectivity index (χ0n) is 19.1. The van der Waals surface area contributed by atoms with Gasteiger partial charge < -0.3 is 14.7 Å². The predicted octanol–water partition coefficient (Wildman–Crippen LogP) is 0.0661. The van der Waals surface area contributed by atoms with E-state index >= 15 is 0 Å². The molecule has 0 saturated carbocycles. The first kappa shape index (κ1) is 22.3. The quantitative estimate of drug-likeness (QED) is 0.580. The summed E-state index contributed by atoms with van der Waals surface area (Å²) in [6.45, 7) is 3.68. The molecule has 9 heteroatoms. The Bertz CT molecular complexity index is 947. The van der Waals surface area contributed by atoms with E-state index in [1.165, 1.54) is 4.90 Å². The molecule has 4 heterocycles. The van der Waals surface area contributed by atoms with Crippen molar-refractivity contribution in [2.24, 2.45) is 0 Å². The van der Waals surface area contributed by atoms with Gasteiger partial charge in [0.2, 0.25) is 11.8 Å². The van der Waals surface area contributed by atoms with Crippen molar-refractivity contribution < 1.29 is 24.2 Å². The molecule has 2 unspecified atom stereocenters. The number of benzene rings is 1. The lowest BCUT2D eigenvalue weighted by atomic mass is 9.82. The van der Waals surface area contributed by atoms with Crippen LogP contribution in [0.25, 0.3) is 0 Å². The molecule has 1 aromatic rings. The standard InChI is InChI=1S/C24H32N4O5/c1-33-20-7-3-2-6-17(20)13-25-15-24(16-25)23(32)27(11-5-10-26-9-4-8-21(26)30)22(31)19-12-18(29)14-28(19)24/h2-3,6-7,18-19,29H,4-5,8-16H2,1H3. The second-order valence-corrected chi connectivity index (χ2v) is 9.68. The number of hydrogen-bond donors (Lipinski definition) is 1. The topological polar surface area (TPSA) is 93.6 Å². The summed E-state index contributed by atoms with van der Waals surface area (Å²) >= 11 is 0. The number of hydrogen-bond acceptors (Lipinski definition) is 7. The van der Waals surface area contributed by atoms with Crippen molar-refractivity contribution in [3.05, 3.63) is 29.8 Å². The monoisotopic (exact) mass is 456 g/mol. The molecule has 0 aromatic heterocycles. The molecule has 3 amide bonds. The maximum atomic E-state index is 13.7. The summed E-state index contributed by atoms with van der Waals surface area (Å²) in [5.74, 6) is 0.593. The first-order valence-corrected chi connectivity index (χ1v) is 11.9. The molecule has 0 aliphatic carbocycles. The van der Waals surface area contributed by atoms with Crippen LogP contribution in [0.3, 0.4) is 0 Å². The number of likely N-dealkylation sites (tertiary alicyclic amines) is 2. The molecular weight excluding hydrogens is 424 g/mol. The van der Waals surface area contributed by atoms with Crippen LogP contribution in [0, 0.1) is 0 Å². The number of ether oxygens (including phenoxy) is 1. The van der Waals surface area contributed by atoms with Crippen LogP contribution in [0.2, 0.25) is 0 Å².